The van der Waals surface area contributed by atoms with E-state index in [0.717, 1.165) is 0 Å². The van der Waals surface area contributed by atoms with E-state index in [0.29, 0.717) is 23.7 Å². The second-order valence-corrected chi connectivity index (χ2v) is 4.24. The maximum atomic E-state index is 11.7. The van der Waals surface area contributed by atoms with Gasteiger partial charge in [-0.1, -0.05) is 11.6 Å². The topological polar surface area (TPSA) is 63.5 Å². The van der Waals surface area contributed by atoms with Crippen LogP contribution in [-0.2, 0) is 11.8 Å². The summed E-state index contributed by atoms with van der Waals surface area (Å²) in [5.74, 6) is -0.205. The molecule has 0 bridgehead atoms. The molecule has 6 heteroatoms. The lowest BCUT2D eigenvalue weighted by Crippen LogP contribution is -2.29. The quantitative estimate of drug-likeness (QED) is 0.796. The minimum atomic E-state index is -0.558. The van der Waals surface area contributed by atoms with Crippen LogP contribution in [0.25, 0.3) is 0 Å². The summed E-state index contributed by atoms with van der Waals surface area (Å²) in [6.07, 6.45) is 1.56. The van der Waals surface area contributed by atoms with Crippen molar-refractivity contribution in [3.05, 3.63) is 23.0 Å². The standard InChI is InChI=1S/C11H17ClN2O3/c1-14-6-8(12)5-10(14)11(16)13-4-3-9(15)7-17-2/h5-6,9,15H,3-4,7H2,1-2H3,(H,13,16). The highest BCUT2D eigenvalue weighted by Gasteiger charge is 2.11. The third-order valence-electron chi connectivity index (χ3n) is 2.33. The number of amides is 1. The number of nitrogens with one attached hydrogen (secondary N) is 1. The van der Waals surface area contributed by atoms with Crippen molar-refractivity contribution in [1.82, 2.24) is 9.88 Å². The first-order valence-corrected chi connectivity index (χ1v) is 5.69. The summed E-state index contributed by atoms with van der Waals surface area (Å²) in [5, 5.41) is 12.6. The summed E-state index contributed by atoms with van der Waals surface area (Å²) < 4.78 is 6.44. The molecule has 1 atom stereocenters. The number of rotatable bonds is 6. The summed E-state index contributed by atoms with van der Waals surface area (Å²) in [5.41, 5.74) is 0.497. The van der Waals surface area contributed by atoms with Gasteiger partial charge in [-0.3, -0.25) is 4.79 Å². The summed E-state index contributed by atoms with van der Waals surface area (Å²) >= 11 is 5.78. The molecule has 0 spiro atoms. The highest BCUT2D eigenvalue weighted by atomic mass is 35.5. The van der Waals surface area contributed by atoms with Gasteiger partial charge in [0.15, 0.2) is 0 Å². The molecule has 0 aliphatic heterocycles. The highest BCUT2D eigenvalue weighted by Crippen LogP contribution is 2.12. The Labute approximate surface area is 105 Å². The molecule has 17 heavy (non-hydrogen) atoms. The molecule has 0 aliphatic carbocycles. The van der Waals surface area contributed by atoms with E-state index in [1.54, 1.807) is 23.9 Å². The summed E-state index contributed by atoms with van der Waals surface area (Å²) in [6.45, 7) is 0.665. The zero-order valence-corrected chi connectivity index (χ0v) is 10.7. The predicted octanol–water partition coefficient (Wildman–Crippen LogP) is 0.806. The molecule has 0 aliphatic rings. The molecule has 1 unspecified atom stereocenters. The Morgan fingerprint density at radius 1 is 1.71 bits per heavy atom. The molecule has 0 aromatic carbocycles. The molecule has 2 N–H and O–H groups in total. The summed E-state index contributed by atoms with van der Waals surface area (Å²) in [6, 6.07) is 1.60. The summed E-state index contributed by atoms with van der Waals surface area (Å²) in [4.78, 5) is 11.7. The summed E-state index contributed by atoms with van der Waals surface area (Å²) in [7, 11) is 3.27. The molecule has 0 fully saturated rings. The van der Waals surface area contributed by atoms with Crippen molar-refractivity contribution in [2.75, 3.05) is 20.3 Å². The lowest BCUT2D eigenvalue weighted by Gasteiger charge is -2.10. The van der Waals surface area contributed by atoms with Crippen molar-refractivity contribution < 1.29 is 14.6 Å². The van der Waals surface area contributed by atoms with Crippen LogP contribution in [0.2, 0.25) is 5.02 Å². The van der Waals surface area contributed by atoms with Crippen LogP contribution in [0.3, 0.4) is 0 Å². The Morgan fingerprint density at radius 3 is 2.94 bits per heavy atom. The van der Waals surface area contributed by atoms with Crippen LogP contribution in [0, 0.1) is 0 Å². The first-order valence-electron chi connectivity index (χ1n) is 5.31. The van der Waals surface area contributed by atoms with Crippen molar-refractivity contribution in [2.45, 2.75) is 12.5 Å². The van der Waals surface area contributed by atoms with E-state index in [9.17, 15) is 9.90 Å². The van der Waals surface area contributed by atoms with Gasteiger partial charge in [-0.2, -0.15) is 0 Å². The number of halogens is 1. The van der Waals surface area contributed by atoms with Crippen molar-refractivity contribution in [3.63, 3.8) is 0 Å². The van der Waals surface area contributed by atoms with Crippen LogP contribution < -0.4 is 5.32 Å². The lowest BCUT2D eigenvalue weighted by atomic mass is 10.2. The van der Waals surface area contributed by atoms with Gasteiger partial charge in [0.25, 0.3) is 5.91 Å². The molecular formula is C11H17ClN2O3. The number of methoxy groups -OCH3 is 1. The van der Waals surface area contributed by atoms with E-state index in [1.807, 2.05) is 0 Å². The van der Waals surface area contributed by atoms with Crippen LogP contribution in [0.4, 0.5) is 0 Å². The van der Waals surface area contributed by atoms with E-state index in [4.69, 9.17) is 16.3 Å². The second-order valence-electron chi connectivity index (χ2n) is 3.81. The maximum absolute atomic E-state index is 11.7. The molecule has 1 amide bonds. The molecule has 1 rings (SSSR count). The molecule has 0 saturated carbocycles. The van der Waals surface area contributed by atoms with Gasteiger partial charge >= 0.3 is 0 Å². The fraction of sp³-hybridized carbons (Fsp3) is 0.545. The molecule has 96 valence electrons. The number of ether oxygens (including phenoxy) is 1. The minimum Gasteiger partial charge on any atom is -0.391 e. The third-order valence-corrected chi connectivity index (χ3v) is 2.53. The second kappa shape index (κ2) is 6.64. The Morgan fingerprint density at radius 2 is 2.41 bits per heavy atom. The van der Waals surface area contributed by atoms with E-state index in [-0.39, 0.29) is 12.5 Å². The van der Waals surface area contributed by atoms with Gasteiger partial charge in [0.1, 0.15) is 5.69 Å². The minimum absolute atomic E-state index is 0.205. The Hall–Kier alpha value is -1.04. The molecule has 5 nitrogen and oxygen atoms in total. The molecule has 1 heterocycles. The van der Waals surface area contributed by atoms with Gasteiger partial charge in [0, 0.05) is 26.9 Å². The number of aliphatic hydroxyl groups excluding tert-OH is 1. The van der Waals surface area contributed by atoms with Gasteiger partial charge in [0.2, 0.25) is 0 Å². The van der Waals surface area contributed by atoms with E-state index >= 15 is 0 Å². The van der Waals surface area contributed by atoms with E-state index in [1.165, 1.54) is 7.11 Å². The predicted molar refractivity (Wildman–Crippen MR) is 65.3 cm³/mol. The van der Waals surface area contributed by atoms with Crippen molar-refractivity contribution >= 4 is 17.5 Å². The zero-order valence-electron chi connectivity index (χ0n) is 9.94. The number of nitrogens with zero attached hydrogens (tertiary/aromatic N) is 1. The molecular weight excluding hydrogens is 244 g/mol. The van der Waals surface area contributed by atoms with Gasteiger partial charge < -0.3 is 19.7 Å². The van der Waals surface area contributed by atoms with Crippen LogP contribution in [-0.4, -0.2) is 41.9 Å². The number of hydrogen-bond acceptors (Lipinski definition) is 3. The first kappa shape index (κ1) is 14.0. The fourth-order valence-electron chi connectivity index (χ4n) is 1.47. The van der Waals surface area contributed by atoms with Crippen LogP contribution in [0.5, 0.6) is 0 Å². The SMILES string of the molecule is COCC(O)CCNC(=O)c1cc(Cl)cn1C. The maximum Gasteiger partial charge on any atom is 0.267 e. The van der Waals surface area contributed by atoms with Gasteiger partial charge in [-0.15, -0.1) is 0 Å². The number of carbonyl (C=O) groups is 1. The number of carbonyl (C=O) groups excluding carboxylic acids is 1. The third kappa shape index (κ3) is 4.38. The zero-order chi connectivity index (χ0) is 12.8. The largest absolute Gasteiger partial charge is 0.391 e. The van der Waals surface area contributed by atoms with Crippen molar-refractivity contribution in [3.8, 4) is 0 Å². The van der Waals surface area contributed by atoms with Crippen molar-refractivity contribution in [1.29, 1.82) is 0 Å². The van der Waals surface area contributed by atoms with Gasteiger partial charge in [0.05, 0.1) is 17.7 Å². The number of aliphatic hydroxyl groups is 1. The Bertz CT molecular complexity index is 379. The van der Waals surface area contributed by atoms with Crippen LogP contribution in [0.1, 0.15) is 16.9 Å². The molecule has 1 aromatic rings. The first-order chi connectivity index (χ1) is 8.04. The van der Waals surface area contributed by atoms with Gasteiger partial charge in [-0.05, 0) is 12.5 Å². The highest BCUT2D eigenvalue weighted by molar-refractivity contribution is 6.31. The van der Waals surface area contributed by atoms with E-state index in [2.05, 4.69) is 5.32 Å². The number of aromatic nitrogens is 1. The Kier molecular flexibility index (Phi) is 5.47. The average molecular weight is 261 g/mol. The lowest BCUT2D eigenvalue weighted by molar-refractivity contribution is 0.0587. The molecule has 0 radical (unpaired) electrons. The number of hydrogen-bond donors (Lipinski definition) is 2. The average Bonchev–Trinajstić information content (AvgIpc) is 2.58. The van der Waals surface area contributed by atoms with Crippen LogP contribution in [0.15, 0.2) is 12.3 Å². The Balaban J connectivity index is 2.37. The van der Waals surface area contributed by atoms with E-state index < -0.39 is 6.10 Å². The van der Waals surface area contributed by atoms with Gasteiger partial charge in [-0.25, -0.2) is 0 Å². The van der Waals surface area contributed by atoms with Crippen molar-refractivity contribution in [2.24, 2.45) is 7.05 Å². The monoisotopic (exact) mass is 260 g/mol. The normalized spacial score (nSPS) is 12.5. The molecule has 1 aromatic heterocycles. The van der Waals surface area contributed by atoms with Crippen LogP contribution >= 0.6 is 11.6 Å². The molecule has 0 saturated heterocycles. The smallest absolute Gasteiger partial charge is 0.267 e. The number of aryl methyl sites for hydroxylation is 1. The fourth-order valence-corrected chi connectivity index (χ4v) is 1.72.